The summed E-state index contributed by atoms with van der Waals surface area (Å²) in [5, 5.41) is 0.955. The Balaban J connectivity index is 1.68. The molecule has 1 aliphatic heterocycles. The van der Waals surface area contributed by atoms with Crippen molar-refractivity contribution in [3.8, 4) is 5.88 Å². The summed E-state index contributed by atoms with van der Waals surface area (Å²) in [6, 6.07) is 8.19. The number of ether oxygens (including phenoxy) is 1. The minimum absolute atomic E-state index is 0.224. The highest BCUT2D eigenvalue weighted by Crippen LogP contribution is 2.29. The van der Waals surface area contributed by atoms with Crippen LogP contribution in [0, 0.1) is 6.92 Å². The van der Waals surface area contributed by atoms with Gasteiger partial charge >= 0.3 is 0 Å². The Bertz CT molecular complexity index is 819. The fourth-order valence-electron chi connectivity index (χ4n) is 2.28. The molecule has 0 N–H and O–H groups in total. The Morgan fingerprint density at radius 3 is 2.61 bits per heavy atom. The number of pyridine rings is 1. The highest BCUT2D eigenvalue weighted by molar-refractivity contribution is 7.89. The van der Waals surface area contributed by atoms with Crippen molar-refractivity contribution in [1.82, 2.24) is 9.29 Å². The predicted molar refractivity (Wildman–Crippen MR) is 88.6 cm³/mol. The molecule has 0 atom stereocenters. The van der Waals surface area contributed by atoms with Gasteiger partial charge in [0.2, 0.25) is 15.9 Å². The third-order valence-corrected chi connectivity index (χ3v) is 6.25. The van der Waals surface area contributed by atoms with Crippen LogP contribution in [0.25, 0.3) is 0 Å². The molecule has 0 aliphatic carbocycles. The van der Waals surface area contributed by atoms with E-state index in [1.54, 1.807) is 37.3 Å². The van der Waals surface area contributed by atoms with E-state index in [1.165, 1.54) is 10.5 Å². The molecule has 122 valence electrons. The van der Waals surface area contributed by atoms with Crippen molar-refractivity contribution in [2.45, 2.75) is 17.9 Å². The summed E-state index contributed by atoms with van der Waals surface area (Å²) >= 11 is 11.8. The lowest BCUT2D eigenvalue weighted by molar-refractivity contribution is 0.0721. The summed E-state index contributed by atoms with van der Waals surface area (Å²) in [6.45, 7) is 2.25. The van der Waals surface area contributed by atoms with Crippen LogP contribution in [-0.2, 0) is 10.0 Å². The zero-order chi connectivity index (χ0) is 16.6. The molecule has 0 saturated carbocycles. The van der Waals surface area contributed by atoms with Crippen molar-refractivity contribution in [3.63, 3.8) is 0 Å². The van der Waals surface area contributed by atoms with Gasteiger partial charge in [0.05, 0.1) is 23.0 Å². The summed E-state index contributed by atoms with van der Waals surface area (Å²) < 4.78 is 32.2. The molecule has 1 aromatic heterocycles. The van der Waals surface area contributed by atoms with Gasteiger partial charge in [-0.3, -0.25) is 0 Å². The fourth-order valence-corrected chi connectivity index (χ4v) is 4.37. The Morgan fingerprint density at radius 2 is 1.96 bits per heavy atom. The van der Waals surface area contributed by atoms with E-state index >= 15 is 0 Å². The quantitative estimate of drug-likeness (QED) is 0.826. The summed E-state index contributed by atoms with van der Waals surface area (Å²) in [7, 11) is -3.56. The van der Waals surface area contributed by atoms with Crippen LogP contribution in [0.3, 0.4) is 0 Å². The first-order valence-electron chi connectivity index (χ1n) is 6.91. The molecule has 1 aliphatic rings. The largest absolute Gasteiger partial charge is 0.472 e. The van der Waals surface area contributed by atoms with Gasteiger partial charge in [0.25, 0.3) is 0 Å². The van der Waals surface area contributed by atoms with Crippen molar-refractivity contribution >= 4 is 33.2 Å². The monoisotopic (exact) mass is 372 g/mol. The van der Waals surface area contributed by atoms with Crippen LogP contribution in [0.2, 0.25) is 10.0 Å². The maximum absolute atomic E-state index is 12.6. The van der Waals surface area contributed by atoms with E-state index in [2.05, 4.69) is 4.98 Å². The first-order valence-corrected chi connectivity index (χ1v) is 9.11. The number of hydrogen-bond acceptors (Lipinski definition) is 4. The van der Waals surface area contributed by atoms with E-state index in [4.69, 9.17) is 27.9 Å². The fraction of sp³-hybridized carbons (Fsp3) is 0.267. The molecule has 0 spiro atoms. The van der Waals surface area contributed by atoms with Crippen LogP contribution >= 0.6 is 23.2 Å². The van der Waals surface area contributed by atoms with Gasteiger partial charge in [0.1, 0.15) is 6.10 Å². The average Bonchev–Trinajstić information content (AvgIpc) is 2.46. The van der Waals surface area contributed by atoms with Crippen LogP contribution in [-0.4, -0.2) is 36.9 Å². The van der Waals surface area contributed by atoms with Gasteiger partial charge in [0.15, 0.2) is 0 Å². The number of aromatic nitrogens is 1. The van der Waals surface area contributed by atoms with E-state index < -0.39 is 10.0 Å². The van der Waals surface area contributed by atoms with Crippen LogP contribution in [0.5, 0.6) is 5.88 Å². The minimum atomic E-state index is -3.56. The van der Waals surface area contributed by atoms with Gasteiger partial charge in [0, 0.05) is 17.3 Å². The number of nitrogens with zero attached hydrogens (tertiary/aromatic N) is 2. The second-order valence-corrected chi connectivity index (χ2v) is 7.99. The third-order valence-electron chi connectivity index (χ3n) is 3.64. The van der Waals surface area contributed by atoms with Gasteiger partial charge in [-0.15, -0.1) is 0 Å². The van der Waals surface area contributed by atoms with Gasteiger partial charge < -0.3 is 4.74 Å². The minimum Gasteiger partial charge on any atom is -0.472 e. The van der Waals surface area contributed by atoms with Crippen LogP contribution in [0.1, 0.15) is 5.56 Å². The molecule has 0 radical (unpaired) electrons. The zero-order valence-electron chi connectivity index (χ0n) is 12.2. The molecule has 2 heterocycles. The molecular weight excluding hydrogens is 359 g/mol. The zero-order valence-corrected chi connectivity index (χ0v) is 14.6. The molecule has 3 rings (SSSR count). The SMILES string of the molecule is Cc1c(Cl)cccc1S(=O)(=O)N1CC(Oc2ccc(Cl)cn2)C1. The Labute approximate surface area is 144 Å². The molecule has 0 amide bonds. The summed E-state index contributed by atoms with van der Waals surface area (Å²) in [5.74, 6) is 0.426. The Hall–Kier alpha value is -1.34. The van der Waals surface area contributed by atoms with Crippen LogP contribution in [0.4, 0.5) is 0 Å². The highest BCUT2D eigenvalue weighted by Gasteiger charge is 2.39. The second-order valence-electron chi connectivity index (χ2n) is 5.24. The average molecular weight is 373 g/mol. The standard InChI is InChI=1S/C15H14Cl2N2O3S/c1-10-13(17)3-2-4-14(10)23(20,21)19-8-12(9-19)22-15-6-5-11(16)7-18-15/h2-7,12H,8-9H2,1H3. The lowest BCUT2D eigenvalue weighted by Crippen LogP contribution is -2.56. The first-order chi connectivity index (χ1) is 10.9. The number of benzene rings is 1. The third kappa shape index (κ3) is 3.30. The van der Waals surface area contributed by atoms with Crippen molar-refractivity contribution < 1.29 is 13.2 Å². The lowest BCUT2D eigenvalue weighted by atomic mass is 10.2. The maximum Gasteiger partial charge on any atom is 0.243 e. The van der Waals surface area contributed by atoms with Gasteiger partial charge in [-0.25, -0.2) is 13.4 Å². The Morgan fingerprint density at radius 1 is 1.22 bits per heavy atom. The summed E-state index contributed by atoms with van der Waals surface area (Å²) in [6.07, 6.45) is 1.26. The highest BCUT2D eigenvalue weighted by atomic mass is 35.5. The predicted octanol–water partition coefficient (Wildman–Crippen LogP) is 3.15. The molecule has 23 heavy (non-hydrogen) atoms. The maximum atomic E-state index is 12.6. The van der Waals surface area contributed by atoms with Crippen molar-refractivity contribution in [2.24, 2.45) is 0 Å². The topological polar surface area (TPSA) is 59.5 Å². The van der Waals surface area contributed by atoms with E-state index in [-0.39, 0.29) is 24.1 Å². The van der Waals surface area contributed by atoms with E-state index in [1.807, 2.05) is 0 Å². The van der Waals surface area contributed by atoms with Gasteiger partial charge in [-0.2, -0.15) is 4.31 Å². The number of halogens is 2. The smallest absolute Gasteiger partial charge is 0.243 e. The van der Waals surface area contributed by atoms with Gasteiger partial charge in [-0.05, 0) is 30.7 Å². The first kappa shape index (κ1) is 16.5. The summed E-state index contributed by atoms with van der Waals surface area (Å²) in [4.78, 5) is 4.26. The molecular formula is C15H14Cl2N2O3S. The van der Waals surface area contributed by atoms with Crippen molar-refractivity contribution in [2.75, 3.05) is 13.1 Å². The molecule has 2 aromatic rings. The molecule has 0 bridgehead atoms. The normalized spacial score (nSPS) is 16.1. The second kappa shape index (κ2) is 6.28. The number of hydrogen-bond donors (Lipinski definition) is 0. The molecule has 1 fully saturated rings. The van der Waals surface area contributed by atoms with Crippen molar-refractivity contribution in [1.29, 1.82) is 0 Å². The molecule has 5 nitrogen and oxygen atoms in total. The Kier molecular flexibility index (Phi) is 4.51. The number of sulfonamides is 1. The van der Waals surface area contributed by atoms with E-state index in [9.17, 15) is 8.42 Å². The van der Waals surface area contributed by atoms with Crippen molar-refractivity contribution in [3.05, 3.63) is 52.1 Å². The van der Waals surface area contributed by atoms with E-state index in [0.29, 0.717) is 21.5 Å². The molecule has 1 saturated heterocycles. The number of rotatable bonds is 4. The molecule has 1 aromatic carbocycles. The van der Waals surface area contributed by atoms with Crippen LogP contribution < -0.4 is 4.74 Å². The van der Waals surface area contributed by atoms with E-state index in [0.717, 1.165) is 0 Å². The summed E-state index contributed by atoms with van der Waals surface area (Å²) in [5.41, 5.74) is 0.554. The van der Waals surface area contributed by atoms with Gasteiger partial charge in [-0.1, -0.05) is 29.3 Å². The molecule has 8 heteroatoms. The van der Waals surface area contributed by atoms with Crippen LogP contribution in [0.15, 0.2) is 41.4 Å². The molecule has 0 unspecified atom stereocenters. The lowest BCUT2D eigenvalue weighted by Gasteiger charge is -2.37.